The number of likely N-dealkylation sites (tertiary alicyclic amines) is 1. The Hall–Kier alpha value is -0.570. The van der Waals surface area contributed by atoms with Crippen molar-refractivity contribution in [2.75, 3.05) is 19.6 Å². The molecule has 0 aromatic heterocycles. The van der Waals surface area contributed by atoms with Crippen molar-refractivity contribution in [3.05, 3.63) is 0 Å². The standard InChI is InChI=1S/C15H28N2O/c1-3-13-8-5-4-6-11-17(13)14(18)15(2)9-7-10-16-12-15/h13,16H,3-12H2,1-2H3. The second-order valence-corrected chi connectivity index (χ2v) is 6.25. The number of hydrogen-bond donors (Lipinski definition) is 1. The van der Waals surface area contributed by atoms with Crippen molar-refractivity contribution in [2.24, 2.45) is 5.41 Å². The summed E-state index contributed by atoms with van der Waals surface area (Å²) in [6.45, 7) is 7.28. The Bertz CT molecular complexity index is 284. The fraction of sp³-hybridized carbons (Fsp3) is 0.933. The minimum Gasteiger partial charge on any atom is -0.339 e. The number of rotatable bonds is 2. The number of carbonyl (C=O) groups excluding carboxylic acids is 1. The zero-order valence-electron chi connectivity index (χ0n) is 12.0. The Morgan fingerprint density at radius 2 is 2.17 bits per heavy atom. The normalized spacial score (nSPS) is 34.1. The number of amides is 1. The summed E-state index contributed by atoms with van der Waals surface area (Å²) in [4.78, 5) is 15.1. The van der Waals surface area contributed by atoms with Crippen LogP contribution in [0, 0.1) is 5.41 Å². The second kappa shape index (κ2) is 6.05. The van der Waals surface area contributed by atoms with Crippen LogP contribution < -0.4 is 5.32 Å². The van der Waals surface area contributed by atoms with Crippen molar-refractivity contribution in [1.29, 1.82) is 0 Å². The molecule has 3 heteroatoms. The van der Waals surface area contributed by atoms with Crippen molar-refractivity contribution in [3.8, 4) is 0 Å². The third kappa shape index (κ3) is 2.87. The number of piperidine rings is 1. The van der Waals surface area contributed by atoms with E-state index in [0.717, 1.165) is 38.9 Å². The van der Waals surface area contributed by atoms with E-state index in [-0.39, 0.29) is 5.41 Å². The molecule has 2 aliphatic rings. The van der Waals surface area contributed by atoms with Gasteiger partial charge in [-0.25, -0.2) is 0 Å². The lowest BCUT2D eigenvalue weighted by atomic mass is 9.81. The molecule has 0 radical (unpaired) electrons. The van der Waals surface area contributed by atoms with E-state index >= 15 is 0 Å². The first-order valence-corrected chi connectivity index (χ1v) is 7.69. The third-order valence-electron chi connectivity index (χ3n) is 4.72. The molecule has 3 nitrogen and oxygen atoms in total. The SMILES string of the molecule is CCC1CCCCCN1C(=O)C1(C)CCCNC1. The summed E-state index contributed by atoms with van der Waals surface area (Å²) in [5, 5.41) is 3.40. The molecule has 0 saturated carbocycles. The summed E-state index contributed by atoms with van der Waals surface area (Å²) in [6.07, 6.45) is 8.25. The Morgan fingerprint density at radius 1 is 1.33 bits per heavy atom. The van der Waals surface area contributed by atoms with E-state index in [1.165, 1.54) is 25.7 Å². The van der Waals surface area contributed by atoms with E-state index in [0.29, 0.717) is 11.9 Å². The van der Waals surface area contributed by atoms with Gasteiger partial charge in [-0.1, -0.05) is 19.8 Å². The Balaban J connectivity index is 2.09. The second-order valence-electron chi connectivity index (χ2n) is 6.25. The van der Waals surface area contributed by atoms with Crippen LogP contribution in [0.5, 0.6) is 0 Å². The number of carbonyl (C=O) groups is 1. The molecule has 104 valence electrons. The quantitative estimate of drug-likeness (QED) is 0.819. The van der Waals surface area contributed by atoms with Crippen molar-refractivity contribution in [3.63, 3.8) is 0 Å². The summed E-state index contributed by atoms with van der Waals surface area (Å²) in [6, 6.07) is 0.485. The summed E-state index contributed by atoms with van der Waals surface area (Å²) < 4.78 is 0. The van der Waals surface area contributed by atoms with Gasteiger partial charge in [0.1, 0.15) is 0 Å². The molecule has 2 rings (SSSR count). The summed E-state index contributed by atoms with van der Waals surface area (Å²) >= 11 is 0. The van der Waals surface area contributed by atoms with Crippen LogP contribution in [0.1, 0.15) is 58.8 Å². The first-order valence-electron chi connectivity index (χ1n) is 7.69. The lowest BCUT2D eigenvalue weighted by Gasteiger charge is -2.40. The lowest BCUT2D eigenvalue weighted by Crippen LogP contribution is -2.53. The fourth-order valence-electron chi connectivity index (χ4n) is 3.45. The predicted molar refractivity (Wildman–Crippen MR) is 74.5 cm³/mol. The number of nitrogens with one attached hydrogen (secondary N) is 1. The molecule has 1 amide bonds. The van der Waals surface area contributed by atoms with Crippen LogP contribution in [0.2, 0.25) is 0 Å². The summed E-state index contributed by atoms with van der Waals surface area (Å²) in [5.74, 6) is 0.406. The van der Waals surface area contributed by atoms with Gasteiger partial charge in [0.15, 0.2) is 0 Å². The zero-order chi connectivity index (χ0) is 13.0. The van der Waals surface area contributed by atoms with Crippen molar-refractivity contribution >= 4 is 5.91 Å². The molecule has 2 fully saturated rings. The van der Waals surface area contributed by atoms with Gasteiger partial charge >= 0.3 is 0 Å². The van der Waals surface area contributed by atoms with E-state index in [9.17, 15) is 4.79 Å². The van der Waals surface area contributed by atoms with E-state index in [1.54, 1.807) is 0 Å². The topological polar surface area (TPSA) is 32.3 Å². The highest BCUT2D eigenvalue weighted by Gasteiger charge is 2.39. The lowest BCUT2D eigenvalue weighted by molar-refractivity contribution is -0.144. The van der Waals surface area contributed by atoms with Gasteiger partial charge in [-0.05, 0) is 45.6 Å². The van der Waals surface area contributed by atoms with Gasteiger partial charge in [0, 0.05) is 19.1 Å². The van der Waals surface area contributed by atoms with Gasteiger partial charge in [0.25, 0.3) is 0 Å². The molecular formula is C15H28N2O. The van der Waals surface area contributed by atoms with Gasteiger partial charge in [-0.15, -0.1) is 0 Å². The van der Waals surface area contributed by atoms with E-state index in [1.807, 2.05) is 0 Å². The van der Waals surface area contributed by atoms with Crippen LogP contribution in [-0.4, -0.2) is 36.5 Å². The Labute approximate surface area is 111 Å². The highest BCUT2D eigenvalue weighted by molar-refractivity contribution is 5.83. The Morgan fingerprint density at radius 3 is 2.83 bits per heavy atom. The summed E-state index contributed by atoms with van der Waals surface area (Å²) in [7, 11) is 0. The minimum absolute atomic E-state index is 0.157. The Kier molecular flexibility index (Phi) is 4.66. The van der Waals surface area contributed by atoms with Crippen LogP contribution in [-0.2, 0) is 4.79 Å². The molecule has 0 aromatic carbocycles. The van der Waals surface area contributed by atoms with E-state index in [2.05, 4.69) is 24.1 Å². The number of nitrogens with zero attached hydrogens (tertiary/aromatic N) is 1. The average molecular weight is 252 g/mol. The maximum atomic E-state index is 12.9. The molecule has 1 N–H and O–H groups in total. The monoisotopic (exact) mass is 252 g/mol. The van der Waals surface area contributed by atoms with Crippen molar-refractivity contribution < 1.29 is 4.79 Å². The highest BCUT2D eigenvalue weighted by atomic mass is 16.2. The average Bonchev–Trinajstić information content (AvgIpc) is 2.63. The number of hydrogen-bond acceptors (Lipinski definition) is 2. The first kappa shape index (κ1) is 13.9. The van der Waals surface area contributed by atoms with Crippen LogP contribution in [0.3, 0.4) is 0 Å². The van der Waals surface area contributed by atoms with Crippen LogP contribution in [0.4, 0.5) is 0 Å². The maximum absolute atomic E-state index is 12.9. The largest absolute Gasteiger partial charge is 0.339 e. The molecule has 2 heterocycles. The van der Waals surface area contributed by atoms with Gasteiger partial charge in [0.05, 0.1) is 5.41 Å². The fourth-order valence-corrected chi connectivity index (χ4v) is 3.45. The van der Waals surface area contributed by atoms with Crippen LogP contribution >= 0.6 is 0 Å². The molecule has 0 spiro atoms. The zero-order valence-corrected chi connectivity index (χ0v) is 12.0. The molecular weight excluding hydrogens is 224 g/mol. The van der Waals surface area contributed by atoms with Crippen molar-refractivity contribution in [1.82, 2.24) is 10.2 Å². The molecule has 2 unspecified atom stereocenters. The van der Waals surface area contributed by atoms with Gasteiger partial charge in [-0.3, -0.25) is 4.79 Å². The highest BCUT2D eigenvalue weighted by Crippen LogP contribution is 2.31. The molecule has 2 atom stereocenters. The van der Waals surface area contributed by atoms with Crippen LogP contribution in [0.15, 0.2) is 0 Å². The molecule has 0 aliphatic carbocycles. The van der Waals surface area contributed by atoms with Crippen LogP contribution in [0.25, 0.3) is 0 Å². The molecule has 2 aliphatic heterocycles. The maximum Gasteiger partial charge on any atom is 0.230 e. The first-order chi connectivity index (χ1) is 8.67. The van der Waals surface area contributed by atoms with E-state index < -0.39 is 0 Å². The third-order valence-corrected chi connectivity index (χ3v) is 4.72. The predicted octanol–water partition coefficient (Wildman–Crippen LogP) is 2.56. The van der Waals surface area contributed by atoms with E-state index in [4.69, 9.17) is 0 Å². The van der Waals surface area contributed by atoms with Gasteiger partial charge < -0.3 is 10.2 Å². The summed E-state index contributed by atoms with van der Waals surface area (Å²) in [5.41, 5.74) is -0.157. The molecule has 0 bridgehead atoms. The molecule has 18 heavy (non-hydrogen) atoms. The minimum atomic E-state index is -0.157. The smallest absolute Gasteiger partial charge is 0.230 e. The molecule has 2 saturated heterocycles. The molecule has 0 aromatic rings. The van der Waals surface area contributed by atoms with Crippen molar-refractivity contribution in [2.45, 2.75) is 64.8 Å². The van der Waals surface area contributed by atoms with Gasteiger partial charge in [0.2, 0.25) is 5.91 Å². The van der Waals surface area contributed by atoms with Gasteiger partial charge in [-0.2, -0.15) is 0 Å².